The molecule has 100 valence electrons. The van der Waals surface area contributed by atoms with Crippen LogP contribution in [0.2, 0.25) is 5.02 Å². The number of primary amides is 1. The maximum atomic E-state index is 11.6. The minimum absolute atomic E-state index is 0.389. The van der Waals surface area contributed by atoms with Crippen molar-refractivity contribution in [2.24, 2.45) is 5.73 Å². The number of nitrogens with one attached hydrogen (secondary N) is 1. The molecule has 1 aromatic carbocycles. The van der Waals surface area contributed by atoms with Crippen LogP contribution in [0.15, 0.2) is 36.4 Å². The number of benzene rings is 1. The lowest BCUT2D eigenvalue weighted by atomic mass is 10.2. The molecular weight excluding hydrogens is 280 g/mol. The zero-order valence-corrected chi connectivity index (χ0v) is 12.1. The highest BCUT2D eigenvalue weighted by atomic mass is 35.5. The summed E-state index contributed by atoms with van der Waals surface area (Å²) < 4.78 is 0. The van der Waals surface area contributed by atoms with Crippen molar-refractivity contribution >= 4 is 34.5 Å². The monoisotopic (exact) mass is 294 g/mol. The Bertz CT molecular complexity index is 565. The number of nitrogens with two attached hydrogens (primary N) is 1. The van der Waals surface area contributed by atoms with Gasteiger partial charge in [0.2, 0.25) is 5.91 Å². The first-order valence-electron chi connectivity index (χ1n) is 6.00. The van der Waals surface area contributed by atoms with Crippen molar-refractivity contribution in [3.8, 4) is 0 Å². The average molecular weight is 295 g/mol. The molecule has 0 spiro atoms. The number of carbonyl (C=O) groups excluding carboxylic acids is 1. The molecule has 2 aromatic rings. The Morgan fingerprint density at radius 3 is 2.53 bits per heavy atom. The molecule has 0 saturated carbocycles. The van der Waals surface area contributed by atoms with Gasteiger partial charge in [0.05, 0.1) is 0 Å². The van der Waals surface area contributed by atoms with Crippen molar-refractivity contribution in [1.82, 2.24) is 0 Å². The van der Waals surface area contributed by atoms with Crippen molar-refractivity contribution in [2.75, 3.05) is 5.32 Å². The van der Waals surface area contributed by atoms with E-state index in [0.717, 1.165) is 17.0 Å². The van der Waals surface area contributed by atoms with Crippen molar-refractivity contribution < 1.29 is 4.79 Å². The van der Waals surface area contributed by atoms with E-state index in [1.165, 1.54) is 4.88 Å². The van der Waals surface area contributed by atoms with Gasteiger partial charge in [-0.2, -0.15) is 0 Å². The predicted octanol–water partition coefficient (Wildman–Crippen LogP) is 3.60. The second-order valence-corrected chi connectivity index (χ2v) is 5.78. The van der Waals surface area contributed by atoms with E-state index in [1.54, 1.807) is 23.5 Å². The smallest absolute Gasteiger partial charge is 0.245 e. The third-order valence-corrected chi connectivity index (χ3v) is 4.30. The summed E-state index contributed by atoms with van der Waals surface area (Å²) in [6, 6.07) is 10.7. The van der Waals surface area contributed by atoms with Gasteiger partial charge in [-0.05, 0) is 42.8 Å². The number of aryl methyl sites for hydroxylation is 1. The molecule has 0 bridgehead atoms. The van der Waals surface area contributed by atoms with E-state index in [4.69, 9.17) is 17.3 Å². The highest BCUT2D eigenvalue weighted by Crippen LogP contribution is 2.27. The topological polar surface area (TPSA) is 55.1 Å². The van der Waals surface area contributed by atoms with Gasteiger partial charge in [0.25, 0.3) is 0 Å². The molecule has 0 aliphatic rings. The van der Waals surface area contributed by atoms with Crippen LogP contribution in [0.5, 0.6) is 0 Å². The van der Waals surface area contributed by atoms with Gasteiger partial charge in [0.1, 0.15) is 6.04 Å². The number of halogens is 1. The van der Waals surface area contributed by atoms with Gasteiger partial charge in [0, 0.05) is 20.5 Å². The highest BCUT2D eigenvalue weighted by Gasteiger charge is 2.19. The highest BCUT2D eigenvalue weighted by molar-refractivity contribution is 7.12. The first kappa shape index (κ1) is 13.9. The summed E-state index contributed by atoms with van der Waals surface area (Å²) in [5.74, 6) is -0.389. The first-order valence-corrected chi connectivity index (χ1v) is 7.19. The Kier molecular flexibility index (Phi) is 4.45. The predicted molar refractivity (Wildman–Crippen MR) is 80.7 cm³/mol. The van der Waals surface area contributed by atoms with Crippen LogP contribution in [0, 0.1) is 0 Å². The molecule has 3 nitrogen and oxygen atoms in total. The minimum atomic E-state index is -0.508. The van der Waals surface area contributed by atoms with E-state index in [9.17, 15) is 4.79 Å². The Morgan fingerprint density at radius 2 is 2.00 bits per heavy atom. The number of carbonyl (C=O) groups is 1. The Labute approximate surface area is 121 Å². The van der Waals surface area contributed by atoms with Crippen molar-refractivity contribution in [3.05, 3.63) is 51.2 Å². The van der Waals surface area contributed by atoms with E-state index in [1.807, 2.05) is 24.3 Å². The molecule has 1 heterocycles. The van der Waals surface area contributed by atoms with E-state index >= 15 is 0 Å². The number of hydrogen-bond acceptors (Lipinski definition) is 3. The van der Waals surface area contributed by atoms with Gasteiger partial charge in [-0.1, -0.05) is 18.5 Å². The third kappa shape index (κ3) is 3.49. The lowest BCUT2D eigenvalue weighted by molar-refractivity contribution is -0.118. The molecule has 5 heteroatoms. The minimum Gasteiger partial charge on any atom is -0.369 e. The fourth-order valence-electron chi connectivity index (χ4n) is 1.73. The number of hydrogen-bond donors (Lipinski definition) is 2. The molecule has 0 aliphatic carbocycles. The van der Waals surface area contributed by atoms with Crippen LogP contribution in [0.4, 0.5) is 5.69 Å². The van der Waals surface area contributed by atoms with Crippen LogP contribution in [0.1, 0.15) is 22.7 Å². The molecule has 2 rings (SSSR count). The van der Waals surface area contributed by atoms with Gasteiger partial charge >= 0.3 is 0 Å². The summed E-state index contributed by atoms with van der Waals surface area (Å²) in [5, 5.41) is 3.79. The van der Waals surface area contributed by atoms with Gasteiger partial charge in [0.15, 0.2) is 0 Å². The van der Waals surface area contributed by atoms with Crippen LogP contribution in [-0.2, 0) is 11.2 Å². The summed E-state index contributed by atoms with van der Waals surface area (Å²) in [6.07, 6.45) is 0.955. The largest absolute Gasteiger partial charge is 0.369 e. The molecule has 3 N–H and O–H groups in total. The van der Waals surface area contributed by atoms with Crippen LogP contribution >= 0.6 is 22.9 Å². The average Bonchev–Trinajstić information content (AvgIpc) is 2.86. The van der Waals surface area contributed by atoms with Crippen LogP contribution in [-0.4, -0.2) is 5.91 Å². The third-order valence-electron chi connectivity index (χ3n) is 2.76. The summed E-state index contributed by atoms with van der Waals surface area (Å²) in [4.78, 5) is 13.8. The normalized spacial score (nSPS) is 12.1. The molecule has 19 heavy (non-hydrogen) atoms. The SMILES string of the molecule is CCc1ccc(C(Nc2ccc(Cl)cc2)C(N)=O)s1. The second kappa shape index (κ2) is 6.08. The van der Waals surface area contributed by atoms with E-state index < -0.39 is 6.04 Å². The summed E-state index contributed by atoms with van der Waals surface area (Å²) >= 11 is 7.43. The van der Waals surface area contributed by atoms with Crippen molar-refractivity contribution in [3.63, 3.8) is 0 Å². The van der Waals surface area contributed by atoms with Gasteiger partial charge in [-0.3, -0.25) is 4.79 Å². The second-order valence-electron chi connectivity index (χ2n) is 4.14. The van der Waals surface area contributed by atoms with Gasteiger partial charge < -0.3 is 11.1 Å². The van der Waals surface area contributed by atoms with Gasteiger partial charge in [-0.25, -0.2) is 0 Å². The first-order chi connectivity index (χ1) is 9.10. The molecule has 1 unspecified atom stereocenters. The molecular formula is C14H15ClN2OS. The van der Waals surface area contributed by atoms with E-state index in [2.05, 4.69) is 12.2 Å². The Morgan fingerprint density at radius 1 is 1.32 bits per heavy atom. The van der Waals surface area contributed by atoms with Crippen LogP contribution < -0.4 is 11.1 Å². The summed E-state index contributed by atoms with van der Waals surface area (Å²) in [7, 11) is 0. The summed E-state index contributed by atoms with van der Waals surface area (Å²) in [6.45, 7) is 2.08. The number of thiophene rings is 1. The lowest BCUT2D eigenvalue weighted by Gasteiger charge is -2.15. The fraction of sp³-hybridized carbons (Fsp3) is 0.214. The number of anilines is 1. The van der Waals surface area contributed by atoms with E-state index in [0.29, 0.717) is 5.02 Å². The molecule has 1 aromatic heterocycles. The molecule has 0 fully saturated rings. The van der Waals surface area contributed by atoms with Gasteiger partial charge in [-0.15, -0.1) is 11.3 Å². The Balaban J connectivity index is 2.21. The quantitative estimate of drug-likeness (QED) is 0.885. The van der Waals surface area contributed by atoms with Crippen LogP contribution in [0.25, 0.3) is 0 Å². The molecule has 0 saturated heterocycles. The number of rotatable bonds is 5. The van der Waals surface area contributed by atoms with Crippen LogP contribution in [0.3, 0.4) is 0 Å². The van der Waals surface area contributed by atoms with Crippen molar-refractivity contribution in [2.45, 2.75) is 19.4 Å². The van der Waals surface area contributed by atoms with E-state index in [-0.39, 0.29) is 5.91 Å². The zero-order chi connectivity index (χ0) is 13.8. The molecule has 1 amide bonds. The number of amides is 1. The maximum absolute atomic E-state index is 11.6. The molecule has 0 aliphatic heterocycles. The van der Waals surface area contributed by atoms with Crippen molar-refractivity contribution in [1.29, 1.82) is 0 Å². The maximum Gasteiger partial charge on any atom is 0.245 e. The Hall–Kier alpha value is -1.52. The lowest BCUT2D eigenvalue weighted by Crippen LogP contribution is -2.26. The standard InChI is InChI=1S/C14H15ClN2OS/c1-2-11-7-8-12(19-11)13(14(16)18)17-10-5-3-9(15)4-6-10/h3-8,13,17H,2H2,1H3,(H2,16,18). The fourth-order valence-corrected chi connectivity index (χ4v) is 2.87. The zero-order valence-electron chi connectivity index (χ0n) is 10.5. The molecule has 0 radical (unpaired) electrons. The summed E-state index contributed by atoms with van der Waals surface area (Å²) in [5.41, 5.74) is 6.30. The molecule has 1 atom stereocenters.